The smallest absolute Gasteiger partial charge is 0.263 e. The van der Waals surface area contributed by atoms with Gasteiger partial charge in [0.2, 0.25) is 0 Å². The minimum absolute atomic E-state index is 0.0232. The van der Waals surface area contributed by atoms with E-state index in [4.69, 9.17) is 0 Å². The lowest BCUT2D eigenvalue weighted by Gasteiger charge is -2.16. The van der Waals surface area contributed by atoms with E-state index in [0.717, 1.165) is 45.5 Å². The van der Waals surface area contributed by atoms with E-state index in [-0.39, 0.29) is 18.2 Å². The topological polar surface area (TPSA) is 81.8 Å². The average Bonchev–Trinajstić information content (AvgIpc) is 3.28. The second-order valence-electron chi connectivity index (χ2n) is 9.82. The highest BCUT2D eigenvalue weighted by Gasteiger charge is 2.17. The van der Waals surface area contributed by atoms with E-state index in [1.54, 1.807) is 19.2 Å². The van der Waals surface area contributed by atoms with Gasteiger partial charge in [0.05, 0.1) is 29.8 Å². The molecule has 0 aliphatic rings. The Labute approximate surface area is 229 Å². The van der Waals surface area contributed by atoms with Crippen molar-refractivity contribution in [2.45, 2.75) is 39.8 Å². The molecule has 5 rings (SSSR count). The van der Waals surface area contributed by atoms with E-state index < -0.39 is 29.1 Å². The SMILES string of the molecule is Cc1nc2cnc3ccc(C#CCNC(=O)c4cccn([C@@H](C)c5ccc(F)c(F)c5)c4=O)cc3c2n1C(C)C. The molecule has 0 saturated heterocycles. The predicted octanol–water partition coefficient (Wildman–Crippen LogP) is 5.30. The molecular formula is C31H27F2N5O2. The van der Waals surface area contributed by atoms with Gasteiger partial charge < -0.3 is 14.5 Å². The molecule has 40 heavy (non-hydrogen) atoms. The molecule has 0 spiro atoms. The Kier molecular flexibility index (Phi) is 7.18. The molecule has 0 aliphatic carbocycles. The van der Waals surface area contributed by atoms with Gasteiger partial charge in [0.1, 0.15) is 16.9 Å². The van der Waals surface area contributed by atoms with Crippen LogP contribution in [-0.4, -0.2) is 31.6 Å². The van der Waals surface area contributed by atoms with Gasteiger partial charge in [-0.15, -0.1) is 0 Å². The largest absolute Gasteiger partial charge is 0.341 e. The fourth-order valence-electron chi connectivity index (χ4n) is 4.89. The fraction of sp³-hybridized carbons (Fsp3) is 0.226. The van der Waals surface area contributed by atoms with Gasteiger partial charge in [-0.05, 0) is 75.7 Å². The number of pyridine rings is 2. The van der Waals surface area contributed by atoms with E-state index in [1.807, 2.05) is 25.1 Å². The number of aryl methyl sites for hydroxylation is 1. The first-order chi connectivity index (χ1) is 19.2. The van der Waals surface area contributed by atoms with E-state index in [9.17, 15) is 18.4 Å². The second kappa shape index (κ2) is 10.7. The third-order valence-corrected chi connectivity index (χ3v) is 6.84. The molecule has 9 heteroatoms. The molecule has 202 valence electrons. The zero-order chi connectivity index (χ0) is 28.6. The van der Waals surface area contributed by atoms with E-state index in [2.05, 4.69) is 45.5 Å². The highest BCUT2D eigenvalue weighted by atomic mass is 19.2. The van der Waals surface area contributed by atoms with Crippen LogP contribution in [0.2, 0.25) is 0 Å². The summed E-state index contributed by atoms with van der Waals surface area (Å²) in [6, 6.07) is 11.8. The molecular weight excluding hydrogens is 512 g/mol. The van der Waals surface area contributed by atoms with E-state index in [0.29, 0.717) is 5.56 Å². The lowest BCUT2D eigenvalue weighted by atomic mass is 10.1. The van der Waals surface area contributed by atoms with Crippen molar-refractivity contribution in [2.75, 3.05) is 6.54 Å². The Morgan fingerprint density at radius 3 is 2.60 bits per heavy atom. The van der Waals surface area contributed by atoms with Crippen LogP contribution in [0.1, 0.15) is 60.2 Å². The molecule has 1 atom stereocenters. The van der Waals surface area contributed by atoms with Gasteiger partial charge in [0, 0.05) is 23.2 Å². The Morgan fingerprint density at radius 1 is 1.05 bits per heavy atom. The summed E-state index contributed by atoms with van der Waals surface area (Å²) in [5.74, 6) is 4.38. The fourth-order valence-corrected chi connectivity index (χ4v) is 4.89. The Hall–Kier alpha value is -4.84. The highest BCUT2D eigenvalue weighted by Crippen LogP contribution is 2.28. The number of aromatic nitrogens is 4. The number of carbonyl (C=O) groups is 1. The van der Waals surface area contributed by atoms with Crippen molar-refractivity contribution in [1.82, 2.24) is 24.4 Å². The average molecular weight is 540 g/mol. The summed E-state index contributed by atoms with van der Waals surface area (Å²) in [5, 5.41) is 3.61. The van der Waals surface area contributed by atoms with Crippen LogP contribution in [0, 0.1) is 30.4 Å². The number of nitrogens with zero attached hydrogens (tertiary/aromatic N) is 4. The van der Waals surface area contributed by atoms with Crippen LogP contribution in [0.3, 0.4) is 0 Å². The van der Waals surface area contributed by atoms with Crippen LogP contribution in [-0.2, 0) is 0 Å². The number of hydrogen-bond acceptors (Lipinski definition) is 4. The molecule has 1 N–H and O–H groups in total. The minimum Gasteiger partial charge on any atom is -0.341 e. The molecule has 0 radical (unpaired) electrons. The third-order valence-electron chi connectivity index (χ3n) is 6.84. The number of carbonyl (C=O) groups excluding carboxylic acids is 1. The van der Waals surface area contributed by atoms with E-state index in [1.165, 1.54) is 22.9 Å². The molecule has 3 heterocycles. The zero-order valence-electron chi connectivity index (χ0n) is 22.5. The van der Waals surface area contributed by atoms with Gasteiger partial charge in [-0.1, -0.05) is 17.9 Å². The quantitative estimate of drug-likeness (QED) is 0.307. The maximum absolute atomic E-state index is 13.7. The summed E-state index contributed by atoms with van der Waals surface area (Å²) >= 11 is 0. The predicted molar refractivity (Wildman–Crippen MR) is 150 cm³/mol. The number of fused-ring (bicyclic) bond motifs is 3. The summed E-state index contributed by atoms with van der Waals surface area (Å²) in [7, 11) is 0. The zero-order valence-corrected chi connectivity index (χ0v) is 22.5. The van der Waals surface area contributed by atoms with Crippen molar-refractivity contribution in [3.8, 4) is 11.8 Å². The number of hydrogen-bond donors (Lipinski definition) is 1. The molecule has 0 unspecified atom stereocenters. The minimum atomic E-state index is -1.00. The van der Waals surface area contributed by atoms with Gasteiger partial charge >= 0.3 is 0 Å². The first-order valence-corrected chi connectivity index (χ1v) is 12.9. The van der Waals surface area contributed by atoms with Gasteiger partial charge in [-0.25, -0.2) is 13.8 Å². The van der Waals surface area contributed by atoms with Gasteiger partial charge in [0.15, 0.2) is 11.6 Å². The standard InChI is InChI=1S/C31H27F2N5O2/c1-18(2)38-20(4)36-28-17-35-27-12-9-21(15-24(27)29(28)38)7-5-13-34-30(39)23-8-6-14-37(31(23)40)19(3)22-10-11-25(32)26(33)16-22/h6,8-12,14-19H,13H2,1-4H3,(H,34,39)/t19-/m0/s1. The summed E-state index contributed by atoms with van der Waals surface area (Å²) in [6.45, 7) is 7.89. The molecule has 0 fully saturated rings. The molecule has 0 saturated carbocycles. The van der Waals surface area contributed by atoms with Crippen molar-refractivity contribution >= 4 is 27.8 Å². The van der Waals surface area contributed by atoms with Crippen molar-refractivity contribution in [3.63, 3.8) is 0 Å². The summed E-state index contributed by atoms with van der Waals surface area (Å²) in [6.07, 6.45) is 3.28. The van der Waals surface area contributed by atoms with Crippen LogP contribution >= 0.6 is 0 Å². The van der Waals surface area contributed by atoms with Crippen molar-refractivity contribution in [1.29, 1.82) is 0 Å². The summed E-state index contributed by atoms with van der Waals surface area (Å²) in [4.78, 5) is 35.0. The first kappa shape index (κ1) is 26.8. The first-order valence-electron chi connectivity index (χ1n) is 12.9. The number of imidazole rings is 1. The Bertz CT molecular complexity index is 1900. The number of nitrogens with one attached hydrogen (secondary N) is 1. The van der Waals surface area contributed by atoms with Gasteiger partial charge in [-0.2, -0.15) is 0 Å². The molecule has 0 aliphatic heterocycles. The van der Waals surface area contributed by atoms with Crippen molar-refractivity contribution < 1.29 is 13.6 Å². The number of halogens is 2. The Morgan fingerprint density at radius 2 is 1.85 bits per heavy atom. The molecule has 1 amide bonds. The number of rotatable bonds is 5. The molecule has 0 bridgehead atoms. The monoisotopic (exact) mass is 539 g/mol. The molecule has 3 aromatic heterocycles. The van der Waals surface area contributed by atoms with Crippen LogP contribution in [0.15, 0.2) is 65.7 Å². The summed E-state index contributed by atoms with van der Waals surface area (Å²) < 4.78 is 30.5. The molecule has 2 aromatic carbocycles. The number of benzene rings is 2. The number of amides is 1. The lowest BCUT2D eigenvalue weighted by molar-refractivity contribution is 0.0956. The van der Waals surface area contributed by atoms with Gasteiger partial charge in [-0.3, -0.25) is 14.6 Å². The van der Waals surface area contributed by atoms with Crippen molar-refractivity contribution in [3.05, 3.63) is 105 Å². The molecule has 5 aromatic rings. The van der Waals surface area contributed by atoms with Crippen LogP contribution in [0.25, 0.3) is 21.9 Å². The maximum atomic E-state index is 13.7. The van der Waals surface area contributed by atoms with Crippen LogP contribution < -0.4 is 10.9 Å². The van der Waals surface area contributed by atoms with Gasteiger partial charge in [0.25, 0.3) is 11.5 Å². The van der Waals surface area contributed by atoms with E-state index >= 15 is 0 Å². The Balaban J connectivity index is 1.34. The maximum Gasteiger partial charge on any atom is 0.263 e. The normalized spacial score (nSPS) is 12.0. The third kappa shape index (κ3) is 4.96. The second-order valence-corrected chi connectivity index (χ2v) is 9.82. The molecule has 7 nitrogen and oxygen atoms in total. The highest BCUT2D eigenvalue weighted by molar-refractivity contribution is 6.03. The summed E-state index contributed by atoms with van der Waals surface area (Å²) in [5.41, 5.74) is 3.21. The van der Waals surface area contributed by atoms with Crippen LogP contribution in [0.5, 0.6) is 0 Å². The lowest BCUT2D eigenvalue weighted by Crippen LogP contribution is -2.34. The van der Waals surface area contributed by atoms with Crippen molar-refractivity contribution in [2.24, 2.45) is 0 Å². The van der Waals surface area contributed by atoms with Crippen LogP contribution in [0.4, 0.5) is 8.78 Å².